The monoisotopic (exact) mass is 564 g/mol. The normalized spacial score (nSPS) is 13.6. The first-order valence-electron chi connectivity index (χ1n) is 12.8. The molecule has 12 heteroatoms. The van der Waals surface area contributed by atoms with E-state index in [4.69, 9.17) is 19.2 Å². The zero-order valence-electron chi connectivity index (χ0n) is 22.7. The number of para-hydroxylation sites is 1. The van der Waals surface area contributed by atoms with Gasteiger partial charge in [-0.1, -0.05) is 12.1 Å². The molecule has 2 amide bonds. The zero-order valence-corrected chi connectivity index (χ0v) is 23.5. The molecular weight excluding hydrogens is 532 g/mol. The van der Waals surface area contributed by atoms with Crippen molar-refractivity contribution in [3.05, 3.63) is 58.9 Å². The second kappa shape index (κ2) is 13.9. The van der Waals surface area contributed by atoms with Gasteiger partial charge in [0, 0.05) is 50.7 Å². The number of amides is 2. The average Bonchev–Trinajstić information content (AvgIpc) is 3.17. The smallest absolute Gasteiger partial charge is 0.410 e. The highest BCUT2D eigenvalue weighted by Gasteiger charge is 2.25. The predicted molar refractivity (Wildman–Crippen MR) is 153 cm³/mol. The van der Waals surface area contributed by atoms with Gasteiger partial charge in [0.25, 0.3) is 5.91 Å². The largest absolute Gasteiger partial charge is 0.449 e. The van der Waals surface area contributed by atoms with Gasteiger partial charge in [-0.3, -0.25) is 4.79 Å². The molecule has 0 unspecified atom stereocenters. The Bertz CT molecular complexity index is 1410. The lowest BCUT2D eigenvalue weighted by molar-refractivity contribution is -0.109. The van der Waals surface area contributed by atoms with Gasteiger partial charge in [0.1, 0.15) is 17.6 Å². The van der Waals surface area contributed by atoms with E-state index < -0.39 is 12.2 Å². The Balaban J connectivity index is 1.68. The van der Waals surface area contributed by atoms with Crippen LogP contribution in [0.15, 0.2) is 36.5 Å². The van der Waals surface area contributed by atoms with Gasteiger partial charge in [0.05, 0.1) is 35.5 Å². The van der Waals surface area contributed by atoms with Crippen molar-refractivity contribution in [2.45, 2.75) is 25.7 Å². The van der Waals surface area contributed by atoms with Crippen LogP contribution in [0.4, 0.5) is 16.3 Å². The molecule has 1 aromatic carbocycles. The highest BCUT2D eigenvalue weighted by atomic mass is 32.2. The second-order valence-corrected chi connectivity index (χ2v) is 10.0. The Morgan fingerprint density at radius 3 is 2.85 bits per heavy atom. The first-order chi connectivity index (χ1) is 19.5. The topological polar surface area (TPSA) is 139 Å². The summed E-state index contributed by atoms with van der Waals surface area (Å²) in [6.45, 7) is 1.90. The van der Waals surface area contributed by atoms with Crippen molar-refractivity contribution in [2.75, 3.05) is 56.6 Å². The third-order valence-corrected chi connectivity index (χ3v) is 7.02. The summed E-state index contributed by atoms with van der Waals surface area (Å²) in [5.41, 5.74) is 2.96. The molecule has 1 fully saturated rings. The maximum Gasteiger partial charge on any atom is 0.410 e. The fraction of sp³-hybridized carbons (Fsp3) is 0.393. The summed E-state index contributed by atoms with van der Waals surface area (Å²) < 4.78 is 16.4. The number of anilines is 2. The minimum Gasteiger partial charge on any atom is -0.449 e. The molecule has 0 atom stereocenters. The molecule has 2 N–H and O–H groups in total. The second-order valence-electron chi connectivity index (χ2n) is 9.06. The molecule has 1 aliphatic rings. The van der Waals surface area contributed by atoms with Crippen LogP contribution in [0.3, 0.4) is 0 Å². The minimum atomic E-state index is -0.811. The summed E-state index contributed by atoms with van der Waals surface area (Å²) in [5, 5.41) is 16.2. The Morgan fingerprint density at radius 1 is 1.27 bits per heavy atom. The first-order valence-corrected chi connectivity index (χ1v) is 14.2. The van der Waals surface area contributed by atoms with Crippen LogP contribution in [0.5, 0.6) is 0 Å². The van der Waals surface area contributed by atoms with Gasteiger partial charge in [-0.2, -0.15) is 17.0 Å². The summed E-state index contributed by atoms with van der Waals surface area (Å²) in [6.07, 6.45) is 3.89. The highest BCUT2D eigenvalue weighted by Crippen LogP contribution is 2.28. The van der Waals surface area contributed by atoms with E-state index in [1.54, 1.807) is 34.9 Å². The number of hydrogen-bond acceptors (Lipinski definition) is 10. The van der Waals surface area contributed by atoms with Gasteiger partial charge in [0.2, 0.25) is 6.29 Å². The number of nitriles is 1. The molecule has 1 saturated heterocycles. The van der Waals surface area contributed by atoms with Crippen molar-refractivity contribution in [1.82, 2.24) is 14.9 Å². The van der Waals surface area contributed by atoms with Crippen LogP contribution in [0.25, 0.3) is 10.9 Å². The third-order valence-electron chi connectivity index (χ3n) is 6.41. The van der Waals surface area contributed by atoms with E-state index in [-0.39, 0.29) is 12.6 Å². The molecule has 210 valence electrons. The molecule has 0 aliphatic carbocycles. The van der Waals surface area contributed by atoms with Gasteiger partial charge < -0.3 is 29.7 Å². The molecule has 0 spiro atoms. The van der Waals surface area contributed by atoms with Crippen molar-refractivity contribution in [1.29, 1.82) is 5.26 Å². The van der Waals surface area contributed by atoms with Crippen LogP contribution in [0, 0.1) is 11.3 Å². The number of aromatic nitrogens is 2. The van der Waals surface area contributed by atoms with Crippen LogP contribution in [-0.2, 0) is 20.8 Å². The van der Waals surface area contributed by atoms with E-state index in [2.05, 4.69) is 21.7 Å². The average molecular weight is 565 g/mol. The van der Waals surface area contributed by atoms with Crippen LogP contribution in [-0.4, -0.2) is 72.8 Å². The lowest BCUT2D eigenvalue weighted by Crippen LogP contribution is -2.31. The lowest BCUT2D eigenvalue weighted by Gasteiger charge is -2.23. The number of fused-ring (bicyclic) bond motifs is 1. The number of hydrogen-bond donors (Lipinski definition) is 2. The van der Waals surface area contributed by atoms with Crippen LogP contribution < -0.4 is 10.6 Å². The summed E-state index contributed by atoms with van der Waals surface area (Å²) >= 11 is 1.68. The Labute approximate surface area is 237 Å². The van der Waals surface area contributed by atoms with Crippen molar-refractivity contribution in [3.63, 3.8) is 0 Å². The number of methoxy groups -OCH3 is 2. The van der Waals surface area contributed by atoms with Crippen molar-refractivity contribution >= 4 is 46.2 Å². The third kappa shape index (κ3) is 6.80. The molecule has 3 aromatic rings. The number of rotatable bonds is 11. The van der Waals surface area contributed by atoms with Crippen molar-refractivity contribution in [2.24, 2.45) is 0 Å². The van der Waals surface area contributed by atoms with Crippen molar-refractivity contribution in [3.8, 4) is 6.07 Å². The molecule has 4 rings (SSSR count). The number of pyridine rings is 2. The van der Waals surface area contributed by atoms with Crippen LogP contribution in [0.2, 0.25) is 0 Å². The summed E-state index contributed by atoms with van der Waals surface area (Å²) in [4.78, 5) is 36.6. The van der Waals surface area contributed by atoms with E-state index in [0.717, 1.165) is 24.2 Å². The number of cyclic esters (lactones) is 1. The van der Waals surface area contributed by atoms with Crippen molar-refractivity contribution < 1.29 is 23.8 Å². The number of thioether (sulfide) groups is 1. The number of ether oxygens (including phenoxy) is 3. The number of nitrogens with one attached hydrogen (secondary N) is 2. The van der Waals surface area contributed by atoms with Gasteiger partial charge in [-0.25, -0.2) is 14.8 Å². The summed E-state index contributed by atoms with van der Waals surface area (Å²) in [6, 6.07) is 11.0. The molecule has 2 aromatic heterocycles. The standard InChI is InChI=1S/C28H32N6O5S/c1-37-27(38-2)25-19(17-34-10-4-5-11-39-28(34)36)13-18-7-6-8-21(24(18)33-25)26(35)32-23-14-22(30-9-12-40-3)20(15-29)16-31-23/h6-8,13-14,16,27H,4-5,9-12,17H2,1-3H3,(H2,30,31,32,35). The Hall–Kier alpha value is -3.92. The number of carbonyl (C=O) groups is 2. The maximum atomic E-state index is 13.4. The van der Waals surface area contributed by atoms with E-state index in [9.17, 15) is 14.9 Å². The van der Waals surface area contributed by atoms with Crippen LogP contribution >= 0.6 is 11.8 Å². The fourth-order valence-corrected chi connectivity index (χ4v) is 4.72. The quantitative estimate of drug-likeness (QED) is 0.252. The zero-order chi connectivity index (χ0) is 28.5. The summed E-state index contributed by atoms with van der Waals surface area (Å²) in [5.74, 6) is 0.756. The molecule has 11 nitrogen and oxygen atoms in total. The number of benzene rings is 1. The number of nitrogens with zero attached hydrogens (tertiary/aromatic N) is 4. The SMILES string of the molecule is COC(OC)c1nc2c(C(=O)Nc3cc(NCCSC)c(C#N)cn3)cccc2cc1CN1CCCCOC1=O. The molecule has 40 heavy (non-hydrogen) atoms. The Kier molecular flexibility index (Phi) is 10.1. The van der Waals surface area contributed by atoms with E-state index >= 15 is 0 Å². The lowest BCUT2D eigenvalue weighted by atomic mass is 10.0. The number of carbonyl (C=O) groups excluding carboxylic acids is 2. The predicted octanol–water partition coefficient (Wildman–Crippen LogP) is 4.55. The van der Waals surface area contributed by atoms with E-state index in [0.29, 0.717) is 58.9 Å². The van der Waals surface area contributed by atoms with Gasteiger partial charge >= 0.3 is 6.09 Å². The van der Waals surface area contributed by atoms with Gasteiger partial charge in [0.15, 0.2) is 0 Å². The Morgan fingerprint density at radius 2 is 2.10 bits per heavy atom. The molecule has 0 radical (unpaired) electrons. The van der Waals surface area contributed by atoms with E-state index in [1.807, 2.05) is 18.4 Å². The van der Waals surface area contributed by atoms with Crippen LogP contribution in [0.1, 0.15) is 46.3 Å². The van der Waals surface area contributed by atoms with E-state index in [1.165, 1.54) is 20.4 Å². The van der Waals surface area contributed by atoms with Gasteiger partial charge in [-0.15, -0.1) is 0 Å². The van der Waals surface area contributed by atoms with Gasteiger partial charge in [-0.05, 0) is 36.8 Å². The molecule has 0 bridgehead atoms. The summed E-state index contributed by atoms with van der Waals surface area (Å²) in [7, 11) is 3.01. The molecule has 3 heterocycles. The molecule has 0 saturated carbocycles. The molecular formula is C28H32N6O5S. The molecule has 1 aliphatic heterocycles. The maximum absolute atomic E-state index is 13.4. The first kappa shape index (κ1) is 29.1. The minimum absolute atomic E-state index is 0.262. The fourth-order valence-electron chi connectivity index (χ4n) is 4.42. The highest BCUT2D eigenvalue weighted by molar-refractivity contribution is 7.98.